The second-order valence-corrected chi connectivity index (χ2v) is 14.1. The van der Waals surface area contributed by atoms with E-state index in [2.05, 4.69) is 51.4 Å². The minimum atomic E-state index is -4.28. The Bertz CT molecular complexity index is 987. The highest BCUT2D eigenvalue weighted by Crippen LogP contribution is 2.15. The second-order valence-electron chi connectivity index (χ2n) is 12.8. The lowest BCUT2D eigenvalue weighted by Crippen LogP contribution is -2.42. The van der Waals surface area contributed by atoms with Gasteiger partial charge in [0.25, 0.3) is 0 Å². The molecule has 0 heterocycles. The molecule has 2 rings (SSSR count). The molecule has 0 saturated heterocycles. The van der Waals surface area contributed by atoms with Crippen LogP contribution in [0.3, 0.4) is 0 Å². The lowest BCUT2D eigenvalue weighted by atomic mass is 10.0. The van der Waals surface area contributed by atoms with E-state index in [1.807, 2.05) is 6.92 Å². The van der Waals surface area contributed by atoms with Gasteiger partial charge in [0.15, 0.2) is 0 Å². The zero-order valence-electron chi connectivity index (χ0n) is 27.6. The van der Waals surface area contributed by atoms with E-state index in [1.54, 1.807) is 12.1 Å². The number of hydrogen-bond donors (Lipinski definition) is 0. The molecule has 0 bridgehead atoms. The summed E-state index contributed by atoms with van der Waals surface area (Å²) in [4.78, 5) is -0.160. The lowest BCUT2D eigenvalue weighted by Gasteiger charge is -2.30. The first-order valence-electron chi connectivity index (χ1n) is 17.1. The highest BCUT2D eigenvalue weighted by molar-refractivity contribution is 7.85. The average molecular weight is 602 g/mol. The Labute approximate surface area is 260 Å². The third kappa shape index (κ3) is 21.1. The van der Waals surface area contributed by atoms with E-state index in [4.69, 9.17) is 0 Å². The number of aryl methyl sites for hydroxylation is 1. The summed E-state index contributed by atoms with van der Waals surface area (Å²) in [5, 5.41) is 0. The number of nitrogens with zero attached hydrogens (tertiary/aromatic N) is 1. The number of quaternary nitrogens is 1. The fraction of sp³-hybridized carbons (Fsp3) is 0.676. The van der Waals surface area contributed by atoms with Crippen molar-refractivity contribution in [2.75, 3.05) is 27.2 Å². The number of hydrogen-bond acceptors (Lipinski definition) is 3. The zero-order valence-corrected chi connectivity index (χ0v) is 28.4. The SMILES string of the molecule is CCCCCCCCCCCCCCCCCC[N+](C)(C)CCc1ccccc1.CCCc1ccc(S(=O)(=O)[O-])cc1. The van der Waals surface area contributed by atoms with E-state index in [0.29, 0.717) is 0 Å². The fourth-order valence-electron chi connectivity index (χ4n) is 5.39. The van der Waals surface area contributed by atoms with Gasteiger partial charge in [-0.3, -0.25) is 0 Å². The normalized spacial score (nSPS) is 11.7. The summed E-state index contributed by atoms with van der Waals surface area (Å²) in [5.74, 6) is 0. The van der Waals surface area contributed by atoms with Crippen molar-refractivity contribution in [1.29, 1.82) is 0 Å². The second kappa shape index (κ2) is 23.7. The summed E-state index contributed by atoms with van der Waals surface area (Å²) < 4.78 is 32.8. The van der Waals surface area contributed by atoms with Crippen LogP contribution in [-0.2, 0) is 23.0 Å². The quantitative estimate of drug-likeness (QED) is 0.0723. The molecular formula is C37H63NO3S. The summed E-state index contributed by atoms with van der Waals surface area (Å²) in [6.07, 6.45) is 26.3. The van der Waals surface area contributed by atoms with Gasteiger partial charge in [-0.2, -0.15) is 0 Å². The summed E-state index contributed by atoms with van der Waals surface area (Å²) in [5.41, 5.74) is 2.53. The minimum Gasteiger partial charge on any atom is -0.744 e. The number of likely N-dealkylation sites (N-methyl/N-ethyl adjacent to an activating group) is 1. The Balaban J connectivity index is 0.000000563. The van der Waals surface area contributed by atoms with Crippen molar-refractivity contribution in [1.82, 2.24) is 0 Å². The molecule has 0 atom stereocenters. The van der Waals surface area contributed by atoms with Crippen molar-refractivity contribution < 1.29 is 17.5 Å². The van der Waals surface area contributed by atoms with Gasteiger partial charge < -0.3 is 9.04 Å². The van der Waals surface area contributed by atoms with Crippen LogP contribution >= 0.6 is 0 Å². The Kier molecular flexibility index (Phi) is 21.7. The van der Waals surface area contributed by atoms with Crippen molar-refractivity contribution in [2.45, 2.75) is 141 Å². The molecule has 0 aliphatic rings. The van der Waals surface area contributed by atoms with E-state index < -0.39 is 10.1 Å². The molecule has 0 spiro atoms. The van der Waals surface area contributed by atoms with Crippen LogP contribution in [0.5, 0.6) is 0 Å². The van der Waals surface area contributed by atoms with Crippen LogP contribution in [0.25, 0.3) is 0 Å². The standard InChI is InChI=1S/C28H52N.C9H12O3S/c1-4-5-6-7-8-9-10-11-12-13-14-15-16-17-18-22-26-29(2,3)27-25-28-23-20-19-21-24-28;1-2-3-8-4-6-9(7-5-8)13(10,11)12/h19-21,23-24H,4-18,22,25-27H2,1-3H3;4-7H,2-3H2,1H3,(H,10,11,12)/q+1;/p-1. The molecule has 0 aliphatic carbocycles. The highest BCUT2D eigenvalue weighted by Gasteiger charge is 2.14. The molecule has 42 heavy (non-hydrogen) atoms. The van der Waals surface area contributed by atoms with Crippen LogP contribution < -0.4 is 0 Å². The Morgan fingerprint density at radius 2 is 0.952 bits per heavy atom. The zero-order chi connectivity index (χ0) is 30.9. The molecule has 2 aromatic carbocycles. The first kappa shape index (κ1) is 38.3. The molecular weight excluding hydrogens is 538 g/mol. The fourth-order valence-corrected chi connectivity index (χ4v) is 5.86. The van der Waals surface area contributed by atoms with Crippen LogP contribution in [0.4, 0.5) is 0 Å². The van der Waals surface area contributed by atoms with E-state index in [1.165, 1.54) is 140 Å². The number of unbranched alkanes of at least 4 members (excludes halogenated alkanes) is 15. The van der Waals surface area contributed by atoms with Crippen molar-refractivity contribution in [2.24, 2.45) is 0 Å². The van der Waals surface area contributed by atoms with Crippen LogP contribution in [0.2, 0.25) is 0 Å². The third-order valence-corrected chi connectivity index (χ3v) is 9.07. The molecule has 0 fully saturated rings. The van der Waals surface area contributed by atoms with Crippen LogP contribution in [-0.4, -0.2) is 44.6 Å². The van der Waals surface area contributed by atoms with Crippen molar-refractivity contribution >= 4 is 10.1 Å². The third-order valence-electron chi connectivity index (χ3n) is 8.22. The van der Waals surface area contributed by atoms with E-state index >= 15 is 0 Å². The van der Waals surface area contributed by atoms with Crippen molar-refractivity contribution in [3.63, 3.8) is 0 Å². The molecule has 5 heteroatoms. The Hall–Kier alpha value is -1.69. The lowest BCUT2D eigenvalue weighted by molar-refractivity contribution is -0.890. The summed E-state index contributed by atoms with van der Waals surface area (Å²) in [7, 11) is 0.509. The molecule has 240 valence electrons. The first-order valence-corrected chi connectivity index (χ1v) is 18.5. The van der Waals surface area contributed by atoms with Crippen LogP contribution in [0, 0.1) is 0 Å². The predicted molar refractivity (Wildman–Crippen MR) is 180 cm³/mol. The van der Waals surface area contributed by atoms with E-state index in [0.717, 1.165) is 22.9 Å². The van der Waals surface area contributed by atoms with Crippen LogP contribution in [0.1, 0.15) is 134 Å². The van der Waals surface area contributed by atoms with Gasteiger partial charge in [0.1, 0.15) is 10.1 Å². The van der Waals surface area contributed by atoms with Gasteiger partial charge in [0.2, 0.25) is 0 Å². The number of rotatable bonds is 23. The maximum Gasteiger partial charge on any atom is 0.124 e. The monoisotopic (exact) mass is 601 g/mol. The topological polar surface area (TPSA) is 57.2 Å². The predicted octanol–water partition coefficient (Wildman–Crippen LogP) is 10.1. The average Bonchev–Trinajstić information content (AvgIpc) is 2.97. The highest BCUT2D eigenvalue weighted by atomic mass is 32.2. The smallest absolute Gasteiger partial charge is 0.124 e. The Morgan fingerprint density at radius 3 is 1.38 bits per heavy atom. The molecule has 0 amide bonds. The maximum absolute atomic E-state index is 10.5. The molecule has 2 aromatic rings. The van der Waals surface area contributed by atoms with E-state index in [-0.39, 0.29) is 4.90 Å². The largest absolute Gasteiger partial charge is 0.744 e. The van der Waals surface area contributed by atoms with Gasteiger partial charge in [-0.05, 0) is 42.5 Å². The Morgan fingerprint density at radius 1 is 0.524 bits per heavy atom. The minimum absolute atomic E-state index is 0.160. The van der Waals surface area contributed by atoms with Gasteiger partial charge in [-0.15, -0.1) is 0 Å². The number of benzene rings is 2. The van der Waals surface area contributed by atoms with Crippen LogP contribution in [0.15, 0.2) is 59.5 Å². The molecule has 0 unspecified atom stereocenters. The maximum atomic E-state index is 10.5. The van der Waals surface area contributed by atoms with Gasteiger partial charge >= 0.3 is 0 Å². The summed E-state index contributed by atoms with van der Waals surface area (Å²) >= 11 is 0. The van der Waals surface area contributed by atoms with Gasteiger partial charge in [-0.1, -0.05) is 153 Å². The molecule has 0 aliphatic heterocycles. The molecule has 0 N–H and O–H groups in total. The van der Waals surface area contributed by atoms with Gasteiger partial charge in [0, 0.05) is 6.42 Å². The van der Waals surface area contributed by atoms with Crippen molar-refractivity contribution in [3.8, 4) is 0 Å². The molecule has 0 radical (unpaired) electrons. The first-order chi connectivity index (χ1) is 20.2. The molecule has 4 nitrogen and oxygen atoms in total. The molecule has 0 aromatic heterocycles. The molecule has 0 saturated carbocycles. The van der Waals surface area contributed by atoms with Gasteiger partial charge in [-0.25, -0.2) is 8.42 Å². The summed E-state index contributed by atoms with van der Waals surface area (Å²) in [6, 6.07) is 17.0. The van der Waals surface area contributed by atoms with Crippen molar-refractivity contribution in [3.05, 3.63) is 65.7 Å². The van der Waals surface area contributed by atoms with Gasteiger partial charge in [0.05, 0.1) is 32.1 Å². The summed E-state index contributed by atoms with van der Waals surface area (Å²) in [6.45, 7) is 6.92. The van der Waals surface area contributed by atoms with E-state index in [9.17, 15) is 13.0 Å².